The van der Waals surface area contributed by atoms with Crippen molar-refractivity contribution in [2.24, 2.45) is 0 Å². The Morgan fingerprint density at radius 3 is 1.61 bits per heavy atom. The number of hydrogen-bond donors (Lipinski definition) is 0. The predicted octanol–water partition coefficient (Wildman–Crippen LogP) is 4.73. The average Bonchev–Trinajstić information content (AvgIpc) is 2.34. The molecule has 0 unspecified atom stereocenters. The van der Waals surface area contributed by atoms with Crippen molar-refractivity contribution >= 4 is 14.7 Å². The molecule has 6 heteroatoms. The molecule has 0 aromatic rings. The van der Waals surface area contributed by atoms with Crippen LogP contribution in [0.15, 0.2) is 0 Å². The van der Waals surface area contributed by atoms with E-state index in [-0.39, 0.29) is 0 Å². The topological polar surface area (TPSA) is 44.8 Å². The van der Waals surface area contributed by atoms with E-state index in [1.54, 1.807) is 0 Å². The van der Waals surface area contributed by atoms with Gasteiger partial charge < -0.3 is 0 Å². The van der Waals surface area contributed by atoms with Crippen molar-refractivity contribution in [3.8, 4) is 0 Å². The van der Waals surface area contributed by atoms with Crippen molar-refractivity contribution in [3.05, 3.63) is 0 Å². The van der Waals surface area contributed by atoms with Gasteiger partial charge in [-0.2, -0.15) is 0 Å². The van der Waals surface area contributed by atoms with Crippen LogP contribution in [0.2, 0.25) is 0 Å². The van der Waals surface area contributed by atoms with Gasteiger partial charge in [-0.25, -0.2) is 0 Å². The molecule has 0 fully saturated rings. The minimum absolute atomic E-state index is 0.971. The standard InChI is InChI=1S/C12H30O4P2/c1-7-9-11-18(5,6,12-10-8-2)16-17(13,14-3)15-4/h7-12H2,1-6H3. The molecule has 0 bridgehead atoms. The monoisotopic (exact) mass is 300 g/mol. The van der Waals surface area contributed by atoms with E-state index < -0.39 is 14.7 Å². The summed E-state index contributed by atoms with van der Waals surface area (Å²) >= 11 is 0. The summed E-state index contributed by atoms with van der Waals surface area (Å²) in [7, 11) is -0.639. The fourth-order valence-corrected chi connectivity index (χ4v) is 8.87. The Hall–Kier alpha value is 0.540. The first-order valence-electron chi connectivity index (χ1n) is 6.67. The molecule has 0 N–H and O–H groups in total. The Bertz CT molecular complexity index is 272. The van der Waals surface area contributed by atoms with E-state index in [0.717, 1.165) is 38.0 Å². The Morgan fingerprint density at radius 1 is 0.944 bits per heavy atom. The molecule has 0 amide bonds. The number of hydrogen-bond acceptors (Lipinski definition) is 4. The van der Waals surface area contributed by atoms with Crippen LogP contribution in [0, 0.1) is 0 Å². The summed E-state index contributed by atoms with van der Waals surface area (Å²) in [4.78, 5) is 0. The second-order valence-electron chi connectivity index (χ2n) is 5.61. The van der Waals surface area contributed by atoms with Gasteiger partial charge in [-0.3, -0.25) is 0 Å². The zero-order valence-electron chi connectivity index (χ0n) is 12.8. The summed E-state index contributed by atoms with van der Waals surface area (Å²) < 4.78 is 28.1. The van der Waals surface area contributed by atoms with Gasteiger partial charge >= 0.3 is 112 Å². The molecule has 0 aliphatic carbocycles. The van der Waals surface area contributed by atoms with Gasteiger partial charge in [0.05, 0.1) is 0 Å². The van der Waals surface area contributed by atoms with E-state index in [4.69, 9.17) is 13.4 Å². The zero-order chi connectivity index (χ0) is 14.3. The van der Waals surface area contributed by atoms with Crippen LogP contribution in [0.4, 0.5) is 0 Å². The Kier molecular flexibility index (Phi) is 7.58. The molecule has 0 saturated heterocycles. The Labute approximate surface area is 112 Å². The van der Waals surface area contributed by atoms with Gasteiger partial charge in [0.25, 0.3) is 0 Å². The molecule has 0 aromatic heterocycles. The third-order valence-corrected chi connectivity index (χ3v) is 10.6. The Morgan fingerprint density at radius 2 is 1.33 bits per heavy atom. The quantitative estimate of drug-likeness (QED) is 0.547. The summed E-state index contributed by atoms with van der Waals surface area (Å²) in [6, 6.07) is 0. The summed E-state index contributed by atoms with van der Waals surface area (Å²) in [6.45, 7) is 6.13. The molecule has 0 heterocycles. The normalized spacial score (nSPS) is 15.3. The van der Waals surface area contributed by atoms with Crippen molar-refractivity contribution in [3.63, 3.8) is 0 Å². The maximum absolute atomic E-state index is 12.3. The van der Waals surface area contributed by atoms with E-state index in [1.165, 1.54) is 14.2 Å². The fourth-order valence-electron chi connectivity index (χ4n) is 1.98. The van der Waals surface area contributed by atoms with E-state index in [0.29, 0.717) is 0 Å². The molecule has 0 atom stereocenters. The van der Waals surface area contributed by atoms with Crippen LogP contribution in [-0.2, 0) is 17.9 Å². The van der Waals surface area contributed by atoms with Gasteiger partial charge in [-0.15, -0.1) is 0 Å². The van der Waals surface area contributed by atoms with Gasteiger partial charge in [0.15, 0.2) is 0 Å². The molecule has 0 aliphatic heterocycles. The number of unbranched alkanes of at least 4 members (excludes halogenated alkanes) is 2. The van der Waals surface area contributed by atoms with Crippen molar-refractivity contribution in [1.29, 1.82) is 0 Å². The van der Waals surface area contributed by atoms with Gasteiger partial charge in [-0.1, -0.05) is 0 Å². The van der Waals surface area contributed by atoms with Gasteiger partial charge in [0.1, 0.15) is 0 Å². The summed E-state index contributed by atoms with van der Waals surface area (Å²) in [5.74, 6) is 0. The van der Waals surface area contributed by atoms with Crippen LogP contribution in [0.1, 0.15) is 39.5 Å². The van der Waals surface area contributed by atoms with E-state index >= 15 is 0 Å². The van der Waals surface area contributed by atoms with Gasteiger partial charge in [-0.05, 0) is 0 Å². The molecule has 0 aliphatic rings. The Balaban J connectivity index is 5.01. The first kappa shape index (κ1) is 18.5. The number of phosphoric acid groups is 1. The molecule has 18 heavy (non-hydrogen) atoms. The van der Waals surface area contributed by atoms with Crippen LogP contribution in [0.3, 0.4) is 0 Å². The van der Waals surface area contributed by atoms with Crippen molar-refractivity contribution in [2.45, 2.75) is 39.5 Å². The molecular weight excluding hydrogens is 270 g/mol. The predicted molar refractivity (Wildman–Crippen MR) is 81.0 cm³/mol. The molecule has 112 valence electrons. The first-order valence-corrected chi connectivity index (χ1v) is 11.5. The maximum atomic E-state index is 12.3. The van der Waals surface area contributed by atoms with Crippen LogP contribution in [0.25, 0.3) is 0 Å². The molecule has 4 nitrogen and oxygen atoms in total. The molecule has 0 saturated carbocycles. The summed E-state index contributed by atoms with van der Waals surface area (Å²) in [5.41, 5.74) is 0. The molecule has 0 spiro atoms. The summed E-state index contributed by atoms with van der Waals surface area (Å²) in [6.07, 6.45) is 6.33. The summed E-state index contributed by atoms with van der Waals surface area (Å²) in [5, 5.41) is 0. The fraction of sp³-hybridized carbons (Fsp3) is 1.00. The van der Waals surface area contributed by atoms with E-state index in [1.807, 2.05) is 0 Å². The number of phosphoric ester groups is 1. The second kappa shape index (κ2) is 7.36. The van der Waals surface area contributed by atoms with Crippen LogP contribution < -0.4 is 0 Å². The van der Waals surface area contributed by atoms with Crippen molar-refractivity contribution in [2.75, 3.05) is 39.9 Å². The van der Waals surface area contributed by atoms with Crippen LogP contribution in [-0.4, -0.2) is 39.9 Å². The third kappa shape index (κ3) is 6.12. The minimum atomic E-state index is -3.39. The van der Waals surface area contributed by atoms with Crippen LogP contribution >= 0.6 is 14.7 Å². The van der Waals surface area contributed by atoms with E-state index in [2.05, 4.69) is 27.2 Å². The molecule has 0 rings (SSSR count). The van der Waals surface area contributed by atoms with Crippen molar-refractivity contribution < 1.29 is 17.9 Å². The first-order chi connectivity index (χ1) is 8.23. The number of rotatable bonds is 10. The second-order valence-corrected chi connectivity index (χ2v) is 13.9. The average molecular weight is 300 g/mol. The van der Waals surface area contributed by atoms with Crippen LogP contribution in [0.5, 0.6) is 0 Å². The third-order valence-electron chi connectivity index (χ3n) is 3.24. The van der Waals surface area contributed by atoms with Crippen molar-refractivity contribution in [1.82, 2.24) is 0 Å². The van der Waals surface area contributed by atoms with Gasteiger partial charge in [0.2, 0.25) is 0 Å². The zero-order valence-corrected chi connectivity index (χ0v) is 14.6. The SMILES string of the molecule is CCCCP(C)(C)(CCCC)OP(=O)(OC)OC. The molecular formula is C12H30O4P2. The van der Waals surface area contributed by atoms with Gasteiger partial charge in [0, 0.05) is 0 Å². The molecule has 0 radical (unpaired) electrons. The van der Waals surface area contributed by atoms with E-state index in [9.17, 15) is 4.57 Å². The molecule has 0 aromatic carbocycles.